The Kier molecular flexibility index (Phi) is 3.47. The molecule has 0 aliphatic heterocycles. The van der Waals surface area contributed by atoms with Crippen LogP contribution in [-0.4, -0.2) is 11.1 Å². The van der Waals surface area contributed by atoms with Crippen molar-refractivity contribution >= 4 is 16.7 Å². The van der Waals surface area contributed by atoms with E-state index in [4.69, 9.17) is 4.74 Å². The maximum atomic E-state index is 12.0. The number of benzene rings is 2. The first-order valence-electron chi connectivity index (χ1n) is 6.38. The van der Waals surface area contributed by atoms with Crippen molar-refractivity contribution in [1.29, 1.82) is 0 Å². The van der Waals surface area contributed by atoms with E-state index in [0.29, 0.717) is 6.42 Å². The van der Waals surface area contributed by atoms with E-state index < -0.39 is 5.41 Å². The lowest BCUT2D eigenvalue weighted by molar-refractivity contribution is -0.144. The normalized spacial score (nSPS) is 11.5. The summed E-state index contributed by atoms with van der Waals surface area (Å²) in [6.45, 7) is 5.59. The van der Waals surface area contributed by atoms with Crippen LogP contribution >= 0.6 is 0 Å². The zero-order valence-electron chi connectivity index (χ0n) is 11.4. The van der Waals surface area contributed by atoms with Crippen molar-refractivity contribution in [1.82, 2.24) is 0 Å². The predicted octanol–water partition coefficient (Wildman–Crippen LogP) is 3.89. The SMILES string of the molecule is CCC(C)(C)C(=O)Oc1cc2ccccc2cc1O. The van der Waals surface area contributed by atoms with Crippen molar-refractivity contribution in [2.75, 3.05) is 0 Å². The fraction of sp³-hybridized carbons (Fsp3) is 0.312. The molecule has 3 nitrogen and oxygen atoms in total. The minimum Gasteiger partial charge on any atom is -0.504 e. The van der Waals surface area contributed by atoms with Crippen LogP contribution < -0.4 is 4.74 Å². The molecule has 0 fully saturated rings. The Bertz CT molecular complexity index is 614. The van der Waals surface area contributed by atoms with E-state index in [1.54, 1.807) is 12.1 Å². The number of ether oxygens (including phenoxy) is 1. The van der Waals surface area contributed by atoms with Gasteiger partial charge in [-0.15, -0.1) is 0 Å². The zero-order valence-corrected chi connectivity index (χ0v) is 11.4. The molecule has 0 radical (unpaired) electrons. The van der Waals surface area contributed by atoms with E-state index in [0.717, 1.165) is 10.8 Å². The van der Waals surface area contributed by atoms with E-state index in [1.807, 2.05) is 45.0 Å². The van der Waals surface area contributed by atoms with Crippen molar-refractivity contribution in [3.05, 3.63) is 36.4 Å². The quantitative estimate of drug-likeness (QED) is 0.671. The Morgan fingerprint density at radius 2 is 1.79 bits per heavy atom. The Morgan fingerprint density at radius 1 is 1.21 bits per heavy atom. The van der Waals surface area contributed by atoms with E-state index >= 15 is 0 Å². The minimum absolute atomic E-state index is 0.0149. The number of phenols is 1. The summed E-state index contributed by atoms with van der Waals surface area (Å²) in [4.78, 5) is 12.0. The third-order valence-corrected chi connectivity index (χ3v) is 3.47. The first-order valence-corrected chi connectivity index (χ1v) is 6.38. The lowest BCUT2D eigenvalue weighted by Crippen LogP contribution is -2.28. The van der Waals surface area contributed by atoms with E-state index in [1.165, 1.54) is 0 Å². The van der Waals surface area contributed by atoms with Gasteiger partial charge in [0.1, 0.15) is 0 Å². The number of fused-ring (bicyclic) bond motifs is 1. The zero-order chi connectivity index (χ0) is 14.0. The molecule has 0 unspecified atom stereocenters. The third kappa shape index (κ3) is 2.70. The second-order valence-electron chi connectivity index (χ2n) is 5.29. The molecule has 0 saturated carbocycles. The summed E-state index contributed by atoms with van der Waals surface area (Å²) >= 11 is 0. The molecule has 0 bridgehead atoms. The molecule has 0 atom stereocenters. The predicted molar refractivity (Wildman–Crippen MR) is 75.3 cm³/mol. The highest BCUT2D eigenvalue weighted by atomic mass is 16.5. The molecule has 0 amide bonds. The van der Waals surface area contributed by atoms with Crippen molar-refractivity contribution in [2.24, 2.45) is 5.41 Å². The van der Waals surface area contributed by atoms with Crippen LogP contribution in [0.4, 0.5) is 0 Å². The van der Waals surface area contributed by atoms with Gasteiger partial charge in [0.15, 0.2) is 11.5 Å². The van der Waals surface area contributed by atoms with Gasteiger partial charge in [0.05, 0.1) is 5.41 Å². The molecule has 0 aliphatic rings. The van der Waals surface area contributed by atoms with Gasteiger partial charge in [0.2, 0.25) is 0 Å². The number of carbonyl (C=O) groups excluding carboxylic acids is 1. The summed E-state index contributed by atoms with van der Waals surface area (Å²) in [5.41, 5.74) is -0.557. The Morgan fingerprint density at radius 3 is 2.37 bits per heavy atom. The van der Waals surface area contributed by atoms with Gasteiger partial charge in [-0.05, 0) is 43.2 Å². The molecule has 2 rings (SSSR count). The summed E-state index contributed by atoms with van der Waals surface area (Å²) in [5.74, 6) is -0.134. The van der Waals surface area contributed by atoms with Crippen LogP contribution in [0.15, 0.2) is 36.4 Å². The van der Waals surface area contributed by atoms with Crippen LogP contribution in [0.5, 0.6) is 11.5 Å². The lowest BCUT2D eigenvalue weighted by atomic mass is 9.91. The van der Waals surface area contributed by atoms with Crippen molar-refractivity contribution < 1.29 is 14.6 Å². The standard InChI is InChI=1S/C16H18O3/c1-4-16(2,3)15(18)19-14-10-12-8-6-5-7-11(12)9-13(14)17/h5-10,17H,4H2,1-3H3. The lowest BCUT2D eigenvalue weighted by Gasteiger charge is -2.20. The van der Waals surface area contributed by atoms with Crippen molar-refractivity contribution in [3.8, 4) is 11.5 Å². The molecule has 0 aromatic heterocycles. The Balaban J connectivity index is 2.35. The molecule has 2 aromatic carbocycles. The number of hydrogen-bond donors (Lipinski definition) is 1. The smallest absolute Gasteiger partial charge is 0.317 e. The molecule has 3 heteroatoms. The largest absolute Gasteiger partial charge is 0.504 e. The molecular weight excluding hydrogens is 240 g/mol. The van der Waals surface area contributed by atoms with Crippen LogP contribution in [0.2, 0.25) is 0 Å². The summed E-state index contributed by atoms with van der Waals surface area (Å²) in [5, 5.41) is 11.8. The van der Waals surface area contributed by atoms with Gasteiger partial charge in [-0.2, -0.15) is 0 Å². The highest BCUT2D eigenvalue weighted by Crippen LogP contribution is 2.33. The Hall–Kier alpha value is -2.03. The third-order valence-electron chi connectivity index (χ3n) is 3.47. The maximum Gasteiger partial charge on any atom is 0.317 e. The van der Waals surface area contributed by atoms with Crippen molar-refractivity contribution in [2.45, 2.75) is 27.2 Å². The number of phenolic OH excluding ortho intramolecular Hbond substituents is 1. The van der Waals surface area contributed by atoms with Gasteiger partial charge in [0.25, 0.3) is 0 Å². The van der Waals surface area contributed by atoms with E-state index in [9.17, 15) is 9.90 Å². The van der Waals surface area contributed by atoms with Gasteiger partial charge in [-0.1, -0.05) is 31.2 Å². The molecule has 100 valence electrons. The number of carbonyl (C=O) groups is 1. The molecule has 0 aliphatic carbocycles. The number of aromatic hydroxyl groups is 1. The van der Waals surface area contributed by atoms with Crippen LogP contribution in [0, 0.1) is 5.41 Å². The molecular formula is C16H18O3. The molecule has 2 aromatic rings. The highest BCUT2D eigenvalue weighted by Gasteiger charge is 2.28. The van der Waals surface area contributed by atoms with Crippen LogP contribution in [-0.2, 0) is 4.79 Å². The van der Waals surface area contributed by atoms with Crippen LogP contribution in [0.1, 0.15) is 27.2 Å². The fourth-order valence-corrected chi connectivity index (χ4v) is 1.67. The molecule has 0 spiro atoms. The van der Waals surface area contributed by atoms with Gasteiger partial charge in [-0.25, -0.2) is 0 Å². The van der Waals surface area contributed by atoms with Gasteiger partial charge in [0, 0.05) is 0 Å². The summed E-state index contributed by atoms with van der Waals surface area (Å²) in [6.07, 6.45) is 0.681. The highest BCUT2D eigenvalue weighted by molar-refractivity contribution is 5.87. The topological polar surface area (TPSA) is 46.5 Å². The van der Waals surface area contributed by atoms with Gasteiger partial charge >= 0.3 is 5.97 Å². The number of esters is 1. The second kappa shape index (κ2) is 4.92. The van der Waals surface area contributed by atoms with Crippen LogP contribution in [0.3, 0.4) is 0 Å². The molecule has 1 N–H and O–H groups in total. The molecule has 0 saturated heterocycles. The minimum atomic E-state index is -0.557. The number of hydrogen-bond acceptors (Lipinski definition) is 3. The first-order chi connectivity index (χ1) is 8.94. The second-order valence-corrected chi connectivity index (χ2v) is 5.29. The maximum absolute atomic E-state index is 12.0. The first kappa shape index (κ1) is 13.4. The average Bonchev–Trinajstić information content (AvgIpc) is 2.39. The van der Waals surface area contributed by atoms with Gasteiger partial charge < -0.3 is 9.84 Å². The van der Waals surface area contributed by atoms with Gasteiger partial charge in [-0.3, -0.25) is 4.79 Å². The molecule has 0 heterocycles. The molecule has 19 heavy (non-hydrogen) atoms. The average molecular weight is 258 g/mol. The van der Waals surface area contributed by atoms with E-state index in [-0.39, 0.29) is 17.5 Å². The van der Waals surface area contributed by atoms with Crippen LogP contribution in [0.25, 0.3) is 10.8 Å². The Labute approximate surface area is 112 Å². The van der Waals surface area contributed by atoms with Crippen molar-refractivity contribution in [3.63, 3.8) is 0 Å². The fourth-order valence-electron chi connectivity index (χ4n) is 1.67. The summed E-state index contributed by atoms with van der Waals surface area (Å²) < 4.78 is 5.32. The summed E-state index contributed by atoms with van der Waals surface area (Å²) in [6, 6.07) is 10.9. The van der Waals surface area contributed by atoms with E-state index in [2.05, 4.69) is 0 Å². The summed E-state index contributed by atoms with van der Waals surface area (Å²) in [7, 11) is 0. The number of rotatable bonds is 3. The monoisotopic (exact) mass is 258 g/mol.